The third-order valence-electron chi connectivity index (χ3n) is 5.64. The number of thiazole rings is 1. The van der Waals surface area contributed by atoms with Crippen LogP contribution in [0.4, 0.5) is 0 Å². The van der Waals surface area contributed by atoms with Crippen LogP contribution in [0.1, 0.15) is 44.4 Å². The zero-order valence-corrected chi connectivity index (χ0v) is 22.7. The molecule has 0 amide bonds. The van der Waals surface area contributed by atoms with Crippen molar-refractivity contribution in [3.63, 3.8) is 0 Å². The van der Waals surface area contributed by atoms with E-state index in [1.807, 2.05) is 51.1 Å². The average Bonchev–Trinajstić information content (AvgIpc) is 3.16. The lowest BCUT2D eigenvalue weighted by atomic mass is 9.95. The fourth-order valence-corrected chi connectivity index (χ4v) is 5.65. The molecule has 188 valence electrons. The predicted octanol–water partition coefficient (Wildman–Crippen LogP) is 5.14. The summed E-state index contributed by atoms with van der Waals surface area (Å²) in [5, 5.41) is 0.733. The number of carbonyl (C=O) groups is 1. The Bertz CT molecular complexity index is 1480. The smallest absolute Gasteiger partial charge is 0.338 e. The first-order valence-electron chi connectivity index (χ1n) is 11.5. The second-order valence-corrected chi connectivity index (χ2v) is 10.5. The lowest BCUT2D eigenvalue weighted by molar-refractivity contribution is -0.136. The SMILES string of the molecule is CCC1=C(C(=O)OC)[C@H](c2ccccc2)n2c(s/c(=C\c3cc(Cl)c(OCC(C)C)c(Cl)c3)c2=O)=N1. The van der Waals surface area contributed by atoms with Crippen LogP contribution in [0.2, 0.25) is 10.0 Å². The van der Waals surface area contributed by atoms with Crippen LogP contribution in [0.25, 0.3) is 6.08 Å². The number of nitrogens with zero attached hydrogens (tertiary/aromatic N) is 2. The first kappa shape index (κ1) is 26.2. The van der Waals surface area contributed by atoms with Crippen LogP contribution in [0, 0.1) is 5.92 Å². The van der Waals surface area contributed by atoms with Gasteiger partial charge in [-0.25, -0.2) is 9.79 Å². The number of halogens is 2. The number of hydrogen-bond donors (Lipinski definition) is 0. The van der Waals surface area contributed by atoms with Crippen molar-refractivity contribution < 1.29 is 14.3 Å². The maximum absolute atomic E-state index is 13.7. The number of rotatable bonds is 7. The molecule has 9 heteroatoms. The van der Waals surface area contributed by atoms with Gasteiger partial charge in [-0.2, -0.15) is 0 Å². The highest BCUT2D eigenvalue weighted by atomic mass is 35.5. The molecule has 0 aliphatic carbocycles. The van der Waals surface area contributed by atoms with Gasteiger partial charge in [0.25, 0.3) is 5.56 Å². The Morgan fingerprint density at radius 1 is 1.19 bits per heavy atom. The van der Waals surface area contributed by atoms with Crippen molar-refractivity contribution >= 4 is 46.6 Å². The van der Waals surface area contributed by atoms with Crippen molar-refractivity contribution in [1.82, 2.24) is 4.57 Å². The molecule has 1 aromatic heterocycles. The summed E-state index contributed by atoms with van der Waals surface area (Å²) in [6, 6.07) is 12.2. The van der Waals surface area contributed by atoms with Gasteiger partial charge < -0.3 is 9.47 Å². The molecule has 0 N–H and O–H groups in total. The second kappa shape index (κ2) is 11.0. The van der Waals surface area contributed by atoms with Crippen LogP contribution in [0.15, 0.2) is 63.5 Å². The molecule has 0 radical (unpaired) electrons. The summed E-state index contributed by atoms with van der Waals surface area (Å²) in [4.78, 5) is 31.7. The van der Waals surface area contributed by atoms with Gasteiger partial charge in [0.05, 0.1) is 45.6 Å². The summed E-state index contributed by atoms with van der Waals surface area (Å²) < 4.78 is 12.8. The molecule has 0 fully saturated rings. The van der Waals surface area contributed by atoms with Crippen molar-refractivity contribution in [3.05, 3.63) is 94.6 Å². The van der Waals surface area contributed by atoms with Gasteiger partial charge in [-0.05, 0) is 41.7 Å². The summed E-state index contributed by atoms with van der Waals surface area (Å²) in [7, 11) is 1.33. The molecule has 0 bridgehead atoms. The third kappa shape index (κ3) is 5.14. The first-order chi connectivity index (χ1) is 17.2. The van der Waals surface area contributed by atoms with Gasteiger partial charge in [0, 0.05) is 0 Å². The minimum atomic E-state index is -0.647. The number of methoxy groups -OCH3 is 1. The largest absolute Gasteiger partial charge is 0.490 e. The van der Waals surface area contributed by atoms with Crippen molar-refractivity contribution in [1.29, 1.82) is 0 Å². The van der Waals surface area contributed by atoms with Gasteiger partial charge in [0.2, 0.25) is 0 Å². The summed E-state index contributed by atoms with van der Waals surface area (Å²) >= 11 is 14.2. The van der Waals surface area contributed by atoms with Gasteiger partial charge in [0.1, 0.15) is 0 Å². The highest BCUT2D eigenvalue weighted by molar-refractivity contribution is 7.07. The third-order valence-corrected chi connectivity index (χ3v) is 7.19. The topological polar surface area (TPSA) is 69.9 Å². The zero-order chi connectivity index (χ0) is 26.0. The van der Waals surface area contributed by atoms with Gasteiger partial charge in [-0.3, -0.25) is 9.36 Å². The lowest BCUT2D eigenvalue weighted by Crippen LogP contribution is -2.40. The van der Waals surface area contributed by atoms with Crippen molar-refractivity contribution in [2.45, 2.75) is 33.2 Å². The number of hydrogen-bond acceptors (Lipinski definition) is 6. The number of allylic oxidation sites excluding steroid dienone is 1. The van der Waals surface area contributed by atoms with E-state index in [9.17, 15) is 9.59 Å². The quantitative estimate of drug-likeness (QED) is 0.386. The maximum Gasteiger partial charge on any atom is 0.338 e. The van der Waals surface area contributed by atoms with Crippen LogP contribution in [-0.4, -0.2) is 24.3 Å². The Hall–Kier alpha value is -2.87. The standard InChI is InChI=1S/C27H26Cl2N2O4S/c1-5-20-22(26(33)34-4)23(17-9-7-6-8-10-17)31-25(32)21(36-27(31)30-20)13-16-11-18(28)24(19(29)12-16)35-14-15(2)3/h6-13,15,23H,5,14H2,1-4H3/b21-13-/t23-/m0/s1. The molecular formula is C27H26Cl2N2O4S. The average molecular weight is 545 g/mol. The second-order valence-electron chi connectivity index (χ2n) is 8.72. The van der Waals surface area contributed by atoms with Crippen LogP contribution >= 0.6 is 34.5 Å². The van der Waals surface area contributed by atoms with Crippen molar-refractivity contribution in [3.8, 4) is 5.75 Å². The Balaban J connectivity index is 1.88. The summed E-state index contributed by atoms with van der Waals surface area (Å²) in [6.07, 6.45) is 2.24. The molecule has 1 aliphatic heterocycles. The van der Waals surface area contributed by atoms with Crippen molar-refractivity contribution in [2.24, 2.45) is 10.9 Å². The molecule has 1 atom stereocenters. The van der Waals surface area contributed by atoms with Crippen molar-refractivity contribution in [2.75, 3.05) is 13.7 Å². The minimum absolute atomic E-state index is 0.267. The molecule has 6 nitrogen and oxygen atoms in total. The fourth-order valence-electron chi connectivity index (χ4n) is 4.02. The molecule has 3 aromatic rings. The molecule has 0 saturated heterocycles. The van der Waals surface area contributed by atoms with E-state index >= 15 is 0 Å². The summed E-state index contributed by atoms with van der Waals surface area (Å²) in [5.74, 6) is 0.234. The Kier molecular flexibility index (Phi) is 8.03. The van der Waals surface area contributed by atoms with E-state index in [-0.39, 0.29) is 5.56 Å². The Morgan fingerprint density at radius 3 is 2.44 bits per heavy atom. The summed E-state index contributed by atoms with van der Waals surface area (Å²) in [5.41, 5.74) is 2.15. The number of esters is 1. The lowest BCUT2D eigenvalue weighted by Gasteiger charge is -2.25. The molecule has 0 spiro atoms. The fraction of sp³-hybridized carbons (Fsp3) is 0.296. The maximum atomic E-state index is 13.7. The van der Waals surface area contributed by atoms with Crippen LogP contribution in [-0.2, 0) is 9.53 Å². The van der Waals surface area contributed by atoms with Crippen LogP contribution in [0.5, 0.6) is 5.75 Å². The number of carbonyl (C=O) groups excluding carboxylic acids is 1. The summed E-state index contributed by atoms with van der Waals surface area (Å²) in [6.45, 7) is 6.48. The highest BCUT2D eigenvalue weighted by Crippen LogP contribution is 2.35. The first-order valence-corrected chi connectivity index (χ1v) is 13.1. The molecule has 0 saturated carbocycles. The molecule has 2 aromatic carbocycles. The van der Waals surface area contributed by atoms with Gasteiger partial charge in [-0.15, -0.1) is 0 Å². The Labute approximate surface area is 223 Å². The molecular weight excluding hydrogens is 519 g/mol. The van der Waals surface area contributed by atoms with Gasteiger partial charge in [-0.1, -0.05) is 85.6 Å². The van der Waals surface area contributed by atoms with E-state index in [1.54, 1.807) is 22.8 Å². The van der Waals surface area contributed by atoms with E-state index < -0.39 is 12.0 Å². The van der Waals surface area contributed by atoms with Gasteiger partial charge in [0.15, 0.2) is 10.6 Å². The van der Waals surface area contributed by atoms with E-state index in [4.69, 9.17) is 32.7 Å². The van der Waals surface area contributed by atoms with Crippen LogP contribution < -0.4 is 19.6 Å². The van der Waals surface area contributed by atoms with Crippen LogP contribution in [0.3, 0.4) is 0 Å². The number of ether oxygens (including phenoxy) is 2. The van der Waals surface area contributed by atoms with E-state index in [1.165, 1.54) is 18.4 Å². The monoisotopic (exact) mass is 544 g/mol. The number of aromatic nitrogens is 1. The molecule has 36 heavy (non-hydrogen) atoms. The molecule has 0 unspecified atom stereocenters. The van der Waals surface area contributed by atoms with E-state index in [2.05, 4.69) is 4.99 Å². The molecule has 4 rings (SSSR count). The normalized spacial score (nSPS) is 15.6. The predicted molar refractivity (Wildman–Crippen MR) is 144 cm³/mol. The molecule has 1 aliphatic rings. The number of benzene rings is 2. The zero-order valence-electron chi connectivity index (χ0n) is 20.4. The Morgan fingerprint density at radius 2 is 1.86 bits per heavy atom. The van der Waals surface area contributed by atoms with E-state index in [0.717, 1.165) is 5.56 Å². The highest BCUT2D eigenvalue weighted by Gasteiger charge is 2.33. The number of fused-ring (bicyclic) bond motifs is 1. The van der Waals surface area contributed by atoms with Gasteiger partial charge >= 0.3 is 5.97 Å². The molecule has 2 heterocycles. The minimum Gasteiger partial charge on any atom is -0.490 e. The van der Waals surface area contributed by atoms with E-state index in [0.29, 0.717) is 60.9 Å².